The fourth-order valence-corrected chi connectivity index (χ4v) is 1.60. The zero-order valence-electron chi connectivity index (χ0n) is 8.25. The molecule has 0 fully saturated rings. The van der Waals surface area contributed by atoms with Crippen molar-refractivity contribution in [3.05, 3.63) is 35.9 Å². The smallest absolute Gasteiger partial charge is 0.300 e. The highest BCUT2D eigenvalue weighted by molar-refractivity contribution is 7.98. The molecule has 0 saturated carbocycles. The summed E-state index contributed by atoms with van der Waals surface area (Å²) in [6.07, 6.45) is 5.84. The van der Waals surface area contributed by atoms with Crippen molar-refractivity contribution in [1.82, 2.24) is 0 Å². The first-order chi connectivity index (χ1) is 7.20. The zero-order chi connectivity index (χ0) is 11.1. The van der Waals surface area contributed by atoms with Gasteiger partial charge in [0.05, 0.1) is 0 Å². The average Bonchev–Trinajstić information content (AvgIpc) is 2.41. The molecule has 1 N–H and O–H groups in total. The van der Waals surface area contributed by atoms with Gasteiger partial charge in [0, 0.05) is 30.0 Å². The molecule has 1 aromatic rings. The summed E-state index contributed by atoms with van der Waals surface area (Å²) in [6.45, 7) is 1.08. The lowest BCUT2D eigenvalue weighted by molar-refractivity contribution is -0.134. The lowest BCUT2D eigenvalue weighted by atomic mass is 10.2. The number of benzene rings is 1. The highest BCUT2D eigenvalue weighted by Gasteiger charge is 1.98. The number of carbonyl (C=O) groups is 1. The van der Waals surface area contributed by atoms with Crippen LogP contribution in [0.3, 0.4) is 0 Å². The molecule has 15 heavy (non-hydrogen) atoms. The van der Waals surface area contributed by atoms with E-state index in [9.17, 15) is 0 Å². The fourth-order valence-electron chi connectivity index (χ4n) is 0.970. The van der Waals surface area contributed by atoms with Crippen molar-refractivity contribution >= 4 is 30.2 Å². The van der Waals surface area contributed by atoms with Crippen molar-refractivity contribution in [1.29, 1.82) is 0 Å². The van der Waals surface area contributed by atoms with Crippen LogP contribution in [0.4, 0.5) is 0 Å². The second-order valence-corrected chi connectivity index (χ2v) is 3.59. The van der Waals surface area contributed by atoms with Crippen molar-refractivity contribution < 1.29 is 9.90 Å². The molecule has 4 heteroatoms. The molecule has 1 heterocycles. The molecule has 0 aromatic heterocycles. The van der Waals surface area contributed by atoms with E-state index in [-0.39, 0.29) is 0 Å². The molecule has 0 unspecified atom stereocenters. The average molecular weight is 221 g/mol. The van der Waals surface area contributed by atoms with Crippen LogP contribution < -0.4 is 0 Å². The number of rotatable bonds is 0. The maximum Gasteiger partial charge on any atom is 0.300 e. The molecule has 0 spiro atoms. The van der Waals surface area contributed by atoms with E-state index in [1.807, 2.05) is 24.4 Å². The highest BCUT2D eigenvalue weighted by atomic mass is 32.2. The van der Waals surface area contributed by atoms with E-state index >= 15 is 0 Å². The van der Waals surface area contributed by atoms with Crippen LogP contribution >= 0.6 is 11.9 Å². The van der Waals surface area contributed by atoms with E-state index in [0.29, 0.717) is 0 Å². The maximum atomic E-state index is 9.00. The summed E-state index contributed by atoms with van der Waals surface area (Å²) in [5, 5.41) is 7.42. The van der Waals surface area contributed by atoms with Crippen LogP contribution in [-0.4, -0.2) is 17.3 Å². The molecule has 3 nitrogen and oxygen atoms in total. The SMILES string of the molecule is C1=Cc2ccccc2SN=C1.CC(=O)O. The van der Waals surface area contributed by atoms with Crippen LogP contribution in [0.5, 0.6) is 0 Å². The van der Waals surface area contributed by atoms with Crippen LogP contribution in [0, 0.1) is 0 Å². The van der Waals surface area contributed by atoms with Gasteiger partial charge in [-0.25, -0.2) is 4.40 Å². The van der Waals surface area contributed by atoms with Gasteiger partial charge in [-0.15, -0.1) is 0 Å². The number of hydrogen-bond donors (Lipinski definition) is 1. The first kappa shape index (κ1) is 11.5. The molecule has 1 aromatic carbocycles. The first-order valence-corrected chi connectivity index (χ1v) is 5.13. The number of fused-ring (bicyclic) bond motifs is 1. The second-order valence-electron chi connectivity index (χ2n) is 2.76. The fraction of sp³-hybridized carbons (Fsp3) is 0.0909. The molecular weight excluding hydrogens is 210 g/mol. The number of carboxylic acids is 1. The largest absolute Gasteiger partial charge is 0.481 e. The molecule has 78 valence electrons. The van der Waals surface area contributed by atoms with Crippen LogP contribution in [-0.2, 0) is 4.79 Å². The Morgan fingerprint density at radius 1 is 1.40 bits per heavy atom. The topological polar surface area (TPSA) is 49.7 Å². The van der Waals surface area contributed by atoms with Gasteiger partial charge >= 0.3 is 0 Å². The van der Waals surface area contributed by atoms with Crippen molar-refractivity contribution in [2.45, 2.75) is 11.8 Å². The molecule has 0 amide bonds. The van der Waals surface area contributed by atoms with Crippen molar-refractivity contribution in [2.75, 3.05) is 0 Å². The summed E-state index contributed by atoms with van der Waals surface area (Å²) in [5.74, 6) is -0.833. The molecule has 0 radical (unpaired) electrons. The van der Waals surface area contributed by atoms with E-state index in [2.05, 4.69) is 22.6 Å². The van der Waals surface area contributed by atoms with Crippen molar-refractivity contribution in [2.24, 2.45) is 4.40 Å². The van der Waals surface area contributed by atoms with Gasteiger partial charge < -0.3 is 5.11 Å². The molecule has 0 saturated heterocycles. The summed E-state index contributed by atoms with van der Waals surface area (Å²) in [4.78, 5) is 10.2. The second kappa shape index (κ2) is 6.03. The normalized spacial score (nSPS) is 12.1. The zero-order valence-corrected chi connectivity index (χ0v) is 9.07. The van der Waals surface area contributed by atoms with Gasteiger partial charge in [0.25, 0.3) is 5.97 Å². The predicted molar refractivity (Wildman–Crippen MR) is 63.1 cm³/mol. The Hall–Kier alpha value is -1.55. The van der Waals surface area contributed by atoms with E-state index in [0.717, 1.165) is 6.92 Å². The van der Waals surface area contributed by atoms with E-state index in [1.54, 1.807) is 0 Å². The molecule has 0 bridgehead atoms. The third-order valence-electron chi connectivity index (χ3n) is 1.49. The summed E-state index contributed by atoms with van der Waals surface area (Å²) < 4.78 is 4.12. The van der Waals surface area contributed by atoms with Crippen LogP contribution in [0.2, 0.25) is 0 Å². The number of allylic oxidation sites excluding steroid dienone is 1. The van der Waals surface area contributed by atoms with Crippen molar-refractivity contribution in [3.63, 3.8) is 0 Å². The minimum absolute atomic E-state index is 0.833. The molecule has 1 aliphatic rings. The Labute approximate surface area is 92.7 Å². The van der Waals surface area contributed by atoms with Gasteiger partial charge in [0.15, 0.2) is 0 Å². The van der Waals surface area contributed by atoms with Gasteiger partial charge in [0.1, 0.15) is 0 Å². The number of nitrogens with zero attached hydrogens (tertiary/aromatic N) is 1. The predicted octanol–water partition coefficient (Wildman–Crippen LogP) is 2.88. The van der Waals surface area contributed by atoms with Crippen LogP contribution in [0.25, 0.3) is 6.08 Å². The van der Waals surface area contributed by atoms with Gasteiger partial charge in [0.2, 0.25) is 0 Å². The van der Waals surface area contributed by atoms with E-state index in [1.165, 1.54) is 22.4 Å². The lowest BCUT2D eigenvalue weighted by Gasteiger charge is -1.97. The third-order valence-corrected chi connectivity index (χ3v) is 2.29. The monoisotopic (exact) mass is 221 g/mol. The lowest BCUT2D eigenvalue weighted by Crippen LogP contribution is -1.78. The molecule has 2 rings (SSSR count). The highest BCUT2D eigenvalue weighted by Crippen LogP contribution is 2.25. The maximum absolute atomic E-state index is 9.00. The summed E-state index contributed by atoms with van der Waals surface area (Å²) in [5.41, 5.74) is 1.25. The Bertz CT molecular complexity index is 395. The summed E-state index contributed by atoms with van der Waals surface area (Å²) >= 11 is 1.52. The molecule has 0 atom stereocenters. The Morgan fingerprint density at radius 2 is 2.07 bits per heavy atom. The molecule has 1 aliphatic heterocycles. The molecular formula is C11H11NO2S. The van der Waals surface area contributed by atoms with Gasteiger partial charge in [-0.05, 0) is 17.7 Å². The summed E-state index contributed by atoms with van der Waals surface area (Å²) in [7, 11) is 0. The van der Waals surface area contributed by atoms with E-state index < -0.39 is 5.97 Å². The number of hydrogen-bond acceptors (Lipinski definition) is 3. The van der Waals surface area contributed by atoms with Gasteiger partial charge in [-0.1, -0.05) is 24.3 Å². The minimum Gasteiger partial charge on any atom is -0.481 e. The summed E-state index contributed by atoms with van der Waals surface area (Å²) in [6, 6.07) is 8.23. The Kier molecular flexibility index (Phi) is 4.63. The van der Waals surface area contributed by atoms with Crippen LogP contribution in [0.15, 0.2) is 39.6 Å². The number of aliphatic carboxylic acids is 1. The quantitative estimate of drug-likeness (QED) is 0.685. The Morgan fingerprint density at radius 3 is 2.80 bits per heavy atom. The van der Waals surface area contributed by atoms with Crippen molar-refractivity contribution in [3.8, 4) is 0 Å². The van der Waals surface area contributed by atoms with Gasteiger partial charge in [-0.3, -0.25) is 4.79 Å². The van der Waals surface area contributed by atoms with E-state index in [4.69, 9.17) is 9.90 Å². The first-order valence-electron chi connectivity index (χ1n) is 4.36. The van der Waals surface area contributed by atoms with Gasteiger partial charge in [-0.2, -0.15) is 0 Å². The molecule has 0 aliphatic carbocycles. The third kappa shape index (κ3) is 4.46. The number of carboxylic acid groups (broad SMARTS) is 1. The van der Waals surface area contributed by atoms with Crippen LogP contribution in [0.1, 0.15) is 12.5 Å². The minimum atomic E-state index is -0.833. The Balaban J connectivity index is 0.000000245. The standard InChI is InChI=1S/C9H7NS.C2H4O2/c1-2-6-9-8(4-1)5-3-7-10-11-9;1-2(3)4/h1-7H;1H3,(H,3,4).